The standard InChI is InChI=1S/C17H16BrFO/c18-15-6-5-13-10-17(20,8-7-12(13)9-15)11-14-3-1-2-4-16(14)19/h1-6,9,20H,7-8,10-11H2. The summed E-state index contributed by atoms with van der Waals surface area (Å²) in [6, 6.07) is 12.8. The summed E-state index contributed by atoms with van der Waals surface area (Å²) in [7, 11) is 0. The number of fused-ring (bicyclic) bond motifs is 1. The summed E-state index contributed by atoms with van der Waals surface area (Å²) < 4.78 is 14.8. The molecular weight excluding hydrogens is 319 g/mol. The number of rotatable bonds is 2. The van der Waals surface area contributed by atoms with Crippen molar-refractivity contribution in [1.29, 1.82) is 0 Å². The highest BCUT2D eigenvalue weighted by Crippen LogP contribution is 2.33. The molecule has 0 fully saturated rings. The molecule has 1 aliphatic carbocycles. The largest absolute Gasteiger partial charge is 0.389 e. The Balaban J connectivity index is 1.84. The van der Waals surface area contributed by atoms with Crippen LogP contribution >= 0.6 is 15.9 Å². The van der Waals surface area contributed by atoms with Crippen LogP contribution in [0.25, 0.3) is 0 Å². The first kappa shape index (κ1) is 13.8. The summed E-state index contributed by atoms with van der Waals surface area (Å²) >= 11 is 3.47. The summed E-state index contributed by atoms with van der Waals surface area (Å²) in [5.41, 5.74) is 2.19. The number of hydrogen-bond acceptors (Lipinski definition) is 1. The Morgan fingerprint density at radius 1 is 1.15 bits per heavy atom. The number of hydrogen-bond donors (Lipinski definition) is 1. The topological polar surface area (TPSA) is 20.2 Å². The Bertz CT molecular complexity index is 641. The van der Waals surface area contributed by atoms with Crippen LogP contribution < -0.4 is 0 Å². The smallest absolute Gasteiger partial charge is 0.126 e. The van der Waals surface area contributed by atoms with Crippen molar-refractivity contribution in [3.63, 3.8) is 0 Å². The summed E-state index contributed by atoms with van der Waals surface area (Å²) in [6.45, 7) is 0. The molecule has 0 saturated carbocycles. The van der Waals surface area contributed by atoms with E-state index < -0.39 is 5.60 Å². The zero-order valence-electron chi connectivity index (χ0n) is 11.1. The van der Waals surface area contributed by atoms with Crippen LogP contribution in [0.5, 0.6) is 0 Å². The Hall–Kier alpha value is -1.19. The van der Waals surface area contributed by atoms with Crippen molar-refractivity contribution in [1.82, 2.24) is 0 Å². The number of aryl methyl sites for hydroxylation is 1. The lowest BCUT2D eigenvalue weighted by Crippen LogP contribution is -2.38. The maximum atomic E-state index is 13.7. The SMILES string of the molecule is OC1(Cc2ccccc2F)CCc2cc(Br)ccc2C1. The molecule has 104 valence electrons. The Labute approximate surface area is 126 Å². The van der Waals surface area contributed by atoms with Gasteiger partial charge >= 0.3 is 0 Å². The summed E-state index contributed by atoms with van der Waals surface area (Å²) in [4.78, 5) is 0. The van der Waals surface area contributed by atoms with Crippen LogP contribution in [0.1, 0.15) is 23.1 Å². The molecule has 1 aliphatic rings. The fourth-order valence-corrected chi connectivity index (χ4v) is 3.37. The van der Waals surface area contributed by atoms with E-state index in [-0.39, 0.29) is 5.82 Å². The molecule has 0 spiro atoms. The van der Waals surface area contributed by atoms with Crippen molar-refractivity contribution in [3.05, 3.63) is 69.4 Å². The van der Waals surface area contributed by atoms with Gasteiger partial charge in [0.2, 0.25) is 0 Å². The third kappa shape index (κ3) is 2.79. The molecule has 0 bridgehead atoms. The molecule has 3 rings (SSSR count). The predicted octanol–water partition coefficient (Wildman–Crippen LogP) is 4.05. The molecule has 3 heteroatoms. The molecule has 0 aliphatic heterocycles. The highest BCUT2D eigenvalue weighted by molar-refractivity contribution is 9.10. The maximum Gasteiger partial charge on any atom is 0.126 e. The Kier molecular flexibility index (Phi) is 3.65. The van der Waals surface area contributed by atoms with Gasteiger partial charge < -0.3 is 5.11 Å². The van der Waals surface area contributed by atoms with Crippen LogP contribution in [-0.4, -0.2) is 10.7 Å². The maximum absolute atomic E-state index is 13.7. The van der Waals surface area contributed by atoms with Crippen molar-refractivity contribution < 1.29 is 9.50 Å². The molecule has 0 aromatic heterocycles. The van der Waals surface area contributed by atoms with Crippen LogP contribution in [0.3, 0.4) is 0 Å². The van der Waals surface area contributed by atoms with Gasteiger partial charge in [-0.25, -0.2) is 4.39 Å². The van der Waals surface area contributed by atoms with E-state index in [2.05, 4.69) is 22.0 Å². The molecule has 0 saturated heterocycles. The summed E-state index contributed by atoms with van der Waals surface area (Å²) in [5.74, 6) is -0.234. The van der Waals surface area contributed by atoms with E-state index in [0.717, 1.165) is 10.9 Å². The first-order valence-electron chi connectivity index (χ1n) is 6.79. The zero-order chi connectivity index (χ0) is 14.2. The lowest BCUT2D eigenvalue weighted by atomic mass is 9.77. The van der Waals surface area contributed by atoms with Crippen molar-refractivity contribution in [3.8, 4) is 0 Å². The highest BCUT2D eigenvalue weighted by atomic mass is 79.9. The third-order valence-corrected chi connectivity index (χ3v) is 4.52. The molecule has 1 unspecified atom stereocenters. The second-order valence-electron chi connectivity index (χ2n) is 5.58. The monoisotopic (exact) mass is 334 g/mol. The van der Waals surface area contributed by atoms with Crippen LogP contribution in [0.15, 0.2) is 46.9 Å². The van der Waals surface area contributed by atoms with Crippen LogP contribution in [0.2, 0.25) is 0 Å². The minimum Gasteiger partial charge on any atom is -0.389 e. The second-order valence-corrected chi connectivity index (χ2v) is 6.50. The van der Waals surface area contributed by atoms with Gasteiger partial charge in [0.05, 0.1) is 5.60 Å². The van der Waals surface area contributed by atoms with Gasteiger partial charge in [0, 0.05) is 17.3 Å². The van der Waals surface area contributed by atoms with Gasteiger partial charge in [0.1, 0.15) is 5.82 Å². The van der Waals surface area contributed by atoms with Gasteiger partial charge in [-0.05, 0) is 47.7 Å². The minimum atomic E-state index is -0.844. The highest BCUT2D eigenvalue weighted by Gasteiger charge is 2.32. The van der Waals surface area contributed by atoms with Gasteiger partial charge in [-0.1, -0.05) is 40.2 Å². The lowest BCUT2D eigenvalue weighted by molar-refractivity contribution is 0.0259. The fraction of sp³-hybridized carbons (Fsp3) is 0.294. The van der Waals surface area contributed by atoms with Gasteiger partial charge in [0.15, 0.2) is 0 Å². The van der Waals surface area contributed by atoms with Gasteiger partial charge in [0.25, 0.3) is 0 Å². The molecule has 1 nitrogen and oxygen atoms in total. The third-order valence-electron chi connectivity index (χ3n) is 4.02. The van der Waals surface area contributed by atoms with E-state index in [4.69, 9.17) is 0 Å². The average molecular weight is 335 g/mol. The van der Waals surface area contributed by atoms with E-state index in [0.29, 0.717) is 24.8 Å². The average Bonchev–Trinajstić information content (AvgIpc) is 2.42. The quantitative estimate of drug-likeness (QED) is 0.878. The first-order valence-corrected chi connectivity index (χ1v) is 7.58. The Morgan fingerprint density at radius 2 is 1.95 bits per heavy atom. The molecule has 0 heterocycles. The lowest BCUT2D eigenvalue weighted by Gasteiger charge is -2.34. The number of benzene rings is 2. The fourth-order valence-electron chi connectivity index (χ4n) is 2.96. The second kappa shape index (κ2) is 5.30. The minimum absolute atomic E-state index is 0.234. The molecule has 1 atom stereocenters. The normalized spacial score (nSPS) is 21.6. The molecule has 0 radical (unpaired) electrons. The predicted molar refractivity (Wildman–Crippen MR) is 81.2 cm³/mol. The van der Waals surface area contributed by atoms with Crippen molar-refractivity contribution in [2.24, 2.45) is 0 Å². The molecule has 0 amide bonds. The van der Waals surface area contributed by atoms with Crippen LogP contribution in [0, 0.1) is 5.82 Å². The molecule has 2 aromatic rings. The molecular formula is C17H16BrFO. The van der Waals surface area contributed by atoms with Crippen LogP contribution in [0.4, 0.5) is 4.39 Å². The summed E-state index contributed by atoms with van der Waals surface area (Å²) in [5, 5.41) is 10.8. The van der Waals surface area contributed by atoms with Crippen molar-refractivity contribution in [2.75, 3.05) is 0 Å². The van der Waals surface area contributed by atoms with Crippen molar-refractivity contribution in [2.45, 2.75) is 31.3 Å². The first-order chi connectivity index (χ1) is 9.56. The molecule has 2 aromatic carbocycles. The van der Waals surface area contributed by atoms with E-state index in [1.807, 2.05) is 18.2 Å². The van der Waals surface area contributed by atoms with E-state index >= 15 is 0 Å². The summed E-state index contributed by atoms with van der Waals surface area (Å²) in [6.07, 6.45) is 2.46. The van der Waals surface area contributed by atoms with Gasteiger partial charge in [-0.3, -0.25) is 0 Å². The van der Waals surface area contributed by atoms with E-state index in [9.17, 15) is 9.50 Å². The molecule has 20 heavy (non-hydrogen) atoms. The van der Waals surface area contributed by atoms with Gasteiger partial charge in [-0.2, -0.15) is 0 Å². The zero-order valence-corrected chi connectivity index (χ0v) is 12.7. The number of halogens is 2. The van der Waals surface area contributed by atoms with E-state index in [1.165, 1.54) is 17.2 Å². The van der Waals surface area contributed by atoms with Gasteiger partial charge in [-0.15, -0.1) is 0 Å². The molecule has 1 N–H and O–H groups in total. The Morgan fingerprint density at radius 3 is 2.75 bits per heavy atom. The van der Waals surface area contributed by atoms with Crippen LogP contribution in [-0.2, 0) is 19.3 Å². The number of aliphatic hydroxyl groups is 1. The van der Waals surface area contributed by atoms with E-state index in [1.54, 1.807) is 12.1 Å². The van der Waals surface area contributed by atoms with Crippen molar-refractivity contribution >= 4 is 15.9 Å².